The number of amides is 2. The molecule has 0 saturated carbocycles. The fraction of sp³-hybridized carbons (Fsp3) is 0.571. The van der Waals surface area contributed by atoms with Gasteiger partial charge in [0.2, 0.25) is 11.8 Å². The first-order valence-electron chi connectivity index (χ1n) is 9.70. The summed E-state index contributed by atoms with van der Waals surface area (Å²) in [4.78, 5) is 38.7. The predicted molar refractivity (Wildman–Crippen MR) is 103 cm³/mol. The van der Waals surface area contributed by atoms with E-state index in [2.05, 4.69) is 19.1 Å². The largest absolute Gasteiger partial charge is 0.480 e. The fourth-order valence-electron chi connectivity index (χ4n) is 3.73. The number of carboxylic acid groups (broad SMARTS) is 1. The average molecular weight is 374 g/mol. The van der Waals surface area contributed by atoms with Crippen LogP contribution < -0.4 is 0 Å². The summed E-state index contributed by atoms with van der Waals surface area (Å²) in [6.07, 6.45) is 3.46. The molecule has 0 spiro atoms. The minimum Gasteiger partial charge on any atom is -0.480 e. The molecule has 1 aliphatic rings. The molecule has 0 aromatic heterocycles. The highest BCUT2D eigenvalue weighted by atomic mass is 16.4. The Morgan fingerprint density at radius 2 is 1.89 bits per heavy atom. The highest BCUT2D eigenvalue weighted by Crippen LogP contribution is 2.22. The molecule has 1 fully saturated rings. The van der Waals surface area contributed by atoms with Crippen LogP contribution in [0.4, 0.5) is 0 Å². The van der Waals surface area contributed by atoms with Gasteiger partial charge in [-0.25, -0.2) is 0 Å². The number of nitrogens with zero attached hydrogens (tertiary/aromatic N) is 2. The lowest BCUT2D eigenvalue weighted by molar-refractivity contribution is -0.145. The van der Waals surface area contributed by atoms with E-state index in [0.717, 1.165) is 19.3 Å². The number of hydrogen-bond donors (Lipinski definition) is 1. The molecular weight excluding hydrogens is 344 g/mol. The quantitative estimate of drug-likeness (QED) is 0.796. The summed E-state index contributed by atoms with van der Waals surface area (Å²) < 4.78 is 0. The first kappa shape index (κ1) is 20.9. The van der Waals surface area contributed by atoms with Gasteiger partial charge in [0.1, 0.15) is 6.54 Å². The van der Waals surface area contributed by atoms with E-state index in [1.54, 1.807) is 0 Å². The van der Waals surface area contributed by atoms with Crippen LogP contribution in [0.15, 0.2) is 30.3 Å². The van der Waals surface area contributed by atoms with Gasteiger partial charge in [0, 0.05) is 32.5 Å². The molecule has 1 heterocycles. The lowest BCUT2D eigenvalue weighted by Gasteiger charge is -2.29. The summed E-state index contributed by atoms with van der Waals surface area (Å²) in [6.45, 7) is 4.52. The maximum absolute atomic E-state index is 12.6. The number of carbonyl (C=O) groups is 3. The Balaban J connectivity index is 1.86. The zero-order chi connectivity index (χ0) is 19.8. The van der Waals surface area contributed by atoms with Crippen LogP contribution in [0.5, 0.6) is 0 Å². The van der Waals surface area contributed by atoms with Gasteiger partial charge >= 0.3 is 5.97 Å². The van der Waals surface area contributed by atoms with Gasteiger partial charge in [-0.15, -0.1) is 0 Å². The van der Waals surface area contributed by atoms with E-state index in [-0.39, 0.29) is 24.4 Å². The number of hydrogen-bond acceptors (Lipinski definition) is 3. The van der Waals surface area contributed by atoms with Gasteiger partial charge in [-0.05, 0) is 37.2 Å². The normalized spacial score (nSPS) is 18.4. The second-order valence-electron chi connectivity index (χ2n) is 7.36. The highest BCUT2D eigenvalue weighted by molar-refractivity contribution is 5.80. The third kappa shape index (κ3) is 6.38. The van der Waals surface area contributed by atoms with Gasteiger partial charge in [-0.3, -0.25) is 14.4 Å². The third-order valence-electron chi connectivity index (χ3n) is 5.36. The summed E-state index contributed by atoms with van der Waals surface area (Å²) in [5.41, 5.74) is 1.24. The molecule has 0 radical (unpaired) electrons. The van der Waals surface area contributed by atoms with E-state index >= 15 is 0 Å². The zero-order valence-electron chi connectivity index (χ0n) is 16.3. The molecule has 2 unspecified atom stereocenters. The van der Waals surface area contributed by atoms with Crippen molar-refractivity contribution in [2.24, 2.45) is 0 Å². The standard InChI is InChI=1S/C21H30N2O4/c1-16(18-7-4-3-5-8-18)10-11-20(25)22-13-6-9-19(12-14-22)23(17(2)24)15-21(26)27/h3-5,7-8,16,19H,6,9-15H2,1-2H3,(H,26,27). The maximum Gasteiger partial charge on any atom is 0.323 e. The lowest BCUT2D eigenvalue weighted by Crippen LogP contribution is -2.43. The average Bonchev–Trinajstić information content (AvgIpc) is 2.90. The smallest absolute Gasteiger partial charge is 0.323 e. The van der Waals surface area contributed by atoms with Crippen molar-refractivity contribution in [3.8, 4) is 0 Å². The number of carboxylic acids is 1. The summed E-state index contributed by atoms with van der Waals surface area (Å²) in [5.74, 6) is -0.749. The third-order valence-corrected chi connectivity index (χ3v) is 5.36. The van der Waals surface area contributed by atoms with Gasteiger partial charge in [0.05, 0.1) is 0 Å². The molecular formula is C21H30N2O4. The minimum absolute atomic E-state index is 0.111. The molecule has 2 atom stereocenters. The highest BCUT2D eigenvalue weighted by Gasteiger charge is 2.27. The van der Waals surface area contributed by atoms with Crippen LogP contribution in [0.3, 0.4) is 0 Å². The van der Waals surface area contributed by atoms with Crippen molar-refractivity contribution in [2.75, 3.05) is 19.6 Å². The number of rotatable bonds is 7. The molecule has 6 nitrogen and oxygen atoms in total. The van der Waals surface area contributed by atoms with Crippen LogP contribution in [0.1, 0.15) is 57.4 Å². The molecule has 1 aromatic rings. The molecule has 1 N–H and O–H groups in total. The molecule has 0 aliphatic carbocycles. The Kier molecular flexibility index (Phi) is 7.82. The summed E-state index contributed by atoms with van der Waals surface area (Å²) in [5, 5.41) is 9.03. The molecule has 1 aliphatic heterocycles. The molecule has 2 rings (SSSR count). The van der Waals surface area contributed by atoms with Crippen LogP contribution in [-0.2, 0) is 14.4 Å². The Morgan fingerprint density at radius 3 is 2.52 bits per heavy atom. The van der Waals surface area contributed by atoms with Crippen molar-refractivity contribution >= 4 is 17.8 Å². The Hall–Kier alpha value is -2.37. The molecule has 0 bridgehead atoms. The number of likely N-dealkylation sites (tertiary alicyclic amines) is 1. The van der Waals surface area contributed by atoms with Crippen LogP contribution in [-0.4, -0.2) is 58.4 Å². The van der Waals surface area contributed by atoms with E-state index in [1.807, 2.05) is 23.1 Å². The van der Waals surface area contributed by atoms with Crippen LogP contribution in [0.2, 0.25) is 0 Å². The molecule has 2 amide bonds. The Morgan fingerprint density at radius 1 is 1.19 bits per heavy atom. The first-order valence-corrected chi connectivity index (χ1v) is 9.70. The van der Waals surface area contributed by atoms with Crippen LogP contribution >= 0.6 is 0 Å². The van der Waals surface area contributed by atoms with Crippen LogP contribution in [0, 0.1) is 0 Å². The molecule has 6 heteroatoms. The van der Waals surface area contributed by atoms with Crippen molar-refractivity contribution < 1.29 is 19.5 Å². The van der Waals surface area contributed by atoms with Gasteiger partial charge < -0.3 is 14.9 Å². The lowest BCUT2D eigenvalue weighted by atomic mass is 9.96. The number of carbonyl (C=O) groups excluding carboxylic acids is 2. The predicted octanol–water partition coefficient (Wildman–Crippen LogP) is 2.88. The van der Waals surface area contributed by atoms with Gasteiger partial charge in [-0.2, -0.15) is 0 Å². The van der Waals surface area contributed by atoms with Gasteiger partial charge in [-0.1, -0.05) is 37.3 Å². The summed E-state index contributed by atoms with van der Waals surface area (Å²) >= 11 is 0. The van der Waals surface area contributed by atoms with Gasteiger partial charge in [0.15, 0.2) is 0 Å². The zero-order valence-corrected chi connectivity index (χ0v) is 16.3. The van der Waals surface area contributed by atoms with E-state index in [9.17, 15) is 14.4 Å². The van der Waals surface area contributed by atoms with E-state index in [0.29, 0.717) is 31.8 Å². The van der Waals surface area contributed by atoms with Crippen LogP contribution in [0.25, 0.3) is 0 Å². The van der Waals surface area contributed by atoms with Crippen molar-refractivity contribution in [1.82, 2.24) is 9.80 Å². The topological polar surface area (TPSA) is 77.9 Å². The summed E-state index contributed by atoms with van der Waals surface area (Å²) in [6, 6.07) is 10.1. The van der Waals surface area contributed by atoms with Gasteiger partial charge in [0.25, 0.3) is 0 Å². The Bertz CT molecular complexity index is 647. The van der Waals surface area contributed by atoms with Crippen molar-refractivity contribution in [3.63, 3.8) is 0 Å². The van der Waals surface area contributed by atoms with E-state index in [1.165, 1.54) is 17.4 Å². The summed E-state index contributed by atoms with van der Waals surface area (Å²) in [7, 11) is 0. The molecule has 1 aromatic carbocycles. The number of benzene rings is 1. The molecule has 27 heavy (non-hydrogen) atoms. The van der Waals surface area contributed by atoms with Crippen molar-refractivity contribution in [2.45, 2.75) is 57.9 Å². The SMILES string of the molecule is CC(=O)N(CC(=O)O)C1CCCN(C(=O)CCC(C)c2ccccc2)CC1. The Labute approximate surface area is 161 Å². The fourth-order valence-corrected chi connectivity index (χ4v) is 3.73. The second-order valence-corrected chi connectivity index (χ2v) is 7.36. The number of aliphatic carboxylic acids is 1. The molecule has 148 valence electrons. The second kappa shape index (κ2) is 10.1. The van der Waals surface area contributed by atoms with E-state index < -0.39 is 5.97 Å². The monoisotopic (exact) mass is 374 g/mol. The van der Waals surface area contributed by atoms with Crippen molar-refractivity contribution in [1.29, 1.82) is 0 Å². The minimum atomic E-state index is -1.00. The molecule has 1 saturated heterocycles. The first-order chi connectivity index (χ1) is 12.9. The van der Waals surface area contributed by atoms with E-state index in [4.69, 9.17) is 5.11 Å². The van der Waals surface area contributed by atoms with Crippen molar-refractivity contribution in [3.05, 3.63) is 35.9 Å². The maximum atomic E-state index is 12.6.